The summed E-state index contributed by atoms with van der Waals surface area (Å²) in [6, 6.07) is 7.52. The lowest BCUT2D eigenvalue weighted by Crippen LogP contribution is -2.16. The van der Waals surface area contributed by atoms with Crippen molar-refractivity contribution in [2.24, 2.45) is 0 Å². The van der Waals surface area contributed by atoms with Crippen LogP contribution in [-0.4, -0.2) is 5.97 Å². The molecule has 0 aliphatic carbocycles. The summed E-state index contributed by atoms with van der Waals surface area (Å²) in [5.74, 6) is -2.90. The number of hydrogen-bond donors (Lipinski definition) is 0. The lowest BCUT2D eigenvalue weighted by molar-refractivity contribution is -0.152. The summed E-state index contributed by atoms with van der Waals surface area (Å²) in [6.07, 6.45) is -4.96. The van der Waals surface area contributed by atoms with Gasteiger partial charge in [0.1, 0.15) is 17.1 Å². The zero-order valence-electron chi connectivity index (χ0n) is 13.2. The van der Waals surface area contributed by atoms with Crippen LogP contribution in [0.2, 0.25) is 0 Å². The molecule has 0 saturated carbocycles. The van der Waals surface area contributed by atoms with Crippen LogP contribution in [0.1, 0.15) is 12.7 Å². The molecule has 0 fully saturated rings. The van der Waals surface area contributed by atoms with Gasteiger partial charge < -0.3 is 9.15 Å². The molecule has 0 bridgehead atoms. The van der Waals surface area contributed by atoms with Gasteiger partial charge in [-0.25, -0.2) is 4.39 Å². The largest absolute Gasteiger partial charge is 0.450 e. The van der Waals surface area contributed by atoms with Gasteiger partial charge in [-0.2, -0.15) is 13.2 Å². The van der Waals surface area contributed by atoms with Crippen LogP contribution in [0.25, 0.3) is 22.1 Å². The second kappa shape index (κ2) is 6.29. The van der Waals surface area contributed by atoms with E-state index in [1.165, 1.54) is 12.1 Å². The zero-order chi connectivity index (χ0) is 19.1. The number of alkyl halides is 3. The van der Waals surface area contributed by atoms with E-state index in [4.69, 9.17) is 9.15 Å². The molecule has 0 amide bonds. The van der Waals surface area contributed by atoms with Crippen LogP contribution < -0.4 is 10.2 Å². The molecule has 0 N–H and O–H groups in total. The van der Waals surface area contributed by atoms with Crippen molar-refractivity contribution in [3.8, 4) is 16.9 Å². The Morgan fingerprint density at radius 3 is 2.31 bits per heavy atom. The molecule has 1 heterocycles. The Morgan fingerprint density at radius 2 is 1.73 bits per heavy atom. The third kappa shape index (κ3) is 3.30. The second-order valence-electron chi connectivity index (χ2n) is 5.39. The highest BCUT2D eigenvalue weighted by atomic mass is 19.4. The van der Waals surface area contributed by atoms with Crippen LogP contribution in [0.4, 0.5) is 17.6 Å². The van der Waals surface area contributed by atoms with E-state index in [0.717, 1.165) is 37.3 Å². The Morgan fingerprint density at radius 1 is 1.08 bits per heavy atom. The van der Waals surface area contributed by atoms with Crippen LogP contribution in [0.15, 0.2) is 51.7 Å². The highest BCUT2D eigenvalue weighted by Gasteiger charge is 2.39. The maximum absolute atomic E-state index is 13.4. The molecule has 8 heteroatoms. The average Bonchev–Trinajstić information content (AvgIpc) is 2.54. The summed E-state index contributed by atoms with van der Waals surface area (Å²) < 4.78 is 63.1. The molecule has 134 valence electrons. The molecule has 0 spiro atoms. The highest BCUT2D eigenvalue weighted by Crippen LogP contribution is 2.37. The molecule has 2 aromatic carbocycles. The molecule has 3 rings (SSSR count). The first-order valence-corrected chi connectivity index (χ1v) is 7.29. The molecule has 4 nitrogen and oxygen atoms in total. The maximum Gasteiger partial charge on any atom is 0.450 e. The monoisotopic (exact) mass is 366 g/mol. The fourth-order valence-corrected chi connectivity index (χ4v) is 2.48. The van der Waals surface area contributed by atoms with Crippen molar-refractivity contribution in [2.45, 2.75) is 13.1 Å². The van der Waals surface area contributed by atoms with Gasteiger partial charge in [0.05, 0.1) is 10.9 Å². The fourth-order valence-electron chi connectivity index (χ4n) is 2.48. The highest BCUT2D eigenvalue weighted by molar-refractivity contribution is 5.84. The van der Waals surface area contributed by atoms with E-state index in [0.29, 0.717) is 0 Å². The van der Waals surface area contributed by atoms with Gasteiger partial charge >= 0.3 is 12.1 Å². The number of hydrogen-bond acceptors (Lipinski definition) is 4. The lowest BCUT2D eigenvalue weighted by Gasteiger charge is -2.13. The van der Waals surface area contributed by atoms with Crippen LogP contribution in [0.3, 0.4) is 0 Å². The number of esters is 1. The van der Waals surface area contributed by atoms with Crippen molar-refractivity contribution in [3.05, 3.63) is 64.3 Å². The average molecular weight is 366 g/mol. The minimum atomic E-state index is -4.96. The van der Waals surface area contributed by atoms with Crippen LogP contribution >= 0.6 is 0 Å². The van der Waals surface area contributed by atoms with E-state index in [9.17, 15) is 27.2 Å². The molecular formula is C18H10F4O4. The van der Waals surface area contributed by atoms with Crippen molar-refractivity contribution in [1.82, 2.24) is 0 Å². The van der Waals surface area contributed by atoms with Gasteiger partial charge in [-0.1, -0.05) is 12.1 Å². The molecule has 26 heavy (non-hydrogen) atoms. The van der Waals surface area contributed by atoms with Gasteiger partial charge in [0.2, 0.25) is 11.2 Å². The third-order valence-electron chi connectivity index (χ3n) is 3.52. The van der Waals surface area contributed by atoms with E-state index in [1.54, 1.807) is 0 Å². The number of carbonyl (C=O) groups excluding carboxylic acids is 1. The van der Waals surface area contributed by atoms with Gasteiger partial charge in [0, 0.05) is 13.0 Å². The summed E-state index contributed by atoms with van der Waals surface area (Å²) in [5.41, 5.74) is -2.16. The summed E-state index contributed by atoms with van der Waals surface area (Å²) >= 11 is 0. The number of halogens is 4. The first kappa shape index (κ1) is 17.7. The Bertz CT molecular complexity index is 1050. The van der Waals surface area contributed by atoms with Crippen LogP contribution in [0.5, 0.6) is 5.75 Å². The fraction of sp³-hybridized carbons (Fsp3) is 0.111. The molecule has 0 atom stereocenters. The first-order chi connectivity index (χ1) is 12.2. The van der Waals surface area contributed by atoms with E-state index in [-0.39, 0.29) is 22.3 Å². The number of fused-ring (bicyclic) bond motifs is 1. The van der Waals surface area contributed by atoms with E-state index in [1.807, 2.05) is 0 Å². The smallest absolute Gasteiger partial charge is 0.450 e. The standard InChI is InChI=1S/C18H10F4O4/c1-9(23)25-12-6-7-13-14(8-12)26-17(18(20,21)22)15(16(13)24)10-2-4-11(19)5-3-10/h2-8H,1H3. The van der Waals surface area contributed by atoms with E-state index < -0.39 is 34.7 Å². The molecule has 0 unspecified atom stereocenters. The van der Waals surface area contributed by atoms with Crippen molar-refractivity contribution in [1.29, 1.82) is 0 Å². The van der Waals surface area contributed by atoms with Gasteiger partial charge in [-0.15, -0.1) is 0 Å². The number of rotatable bonds is 2. The molecular weight excluding hydrogens is 356 g/mol. The van der Waals surface area contributed by atoms with Crippen molar-refractivity contribution >= 4 is 16.9 Å². The normalized spacial score (nSPS) is 11.6. The topological polar surface area (TPSA) is 56.5 Å². The maximum atomic E-state index is 13.4. The predicted molar refractivity (Wildman–Crippen MR) is 84.2 cm³/mol. The minimum absolute atomic E-state index is 0.0594. The van der Waals surface area contributed by atoms with Crippen molar-refractivity contribution in [3.63, 3.8) is 0 Å². The Kier molecular flexibility index (Phi) is 4.27. The van der Waals surface area contributed by atoms with Gasteiger partial charge in [0.15, 0.2) is 0 Å². The van der Waals surface area contributed by atoms with Gasteiger partial charge in [-0.3, -0.25) is 9.59 Å². The SMILES string of the molecule is CC(=O)Oc1ccc2c(=O)c(-c3ccc(F)cc3)c(C(F)(F)F)oc2c1. The molecule has 3 aromatic rings. The van der Waals surface area contributed by atoms with E-state index >= 15 is 0 Å². The molecule has 0 saturated heterocycles. The van der Waals surface area contributed by atoms with Crippen LogP contribution in [-0.2, 0) is 11.0 Å². The zero-order valence-corrected chi connectivity index (χ0v) is 13.2. The molecule has 0 radical (unpaired) electrons. The quantitative estimate of drug-likeness (QED) is 0.380. The third-order valence-corrected chi connectivity index (χ3v) is 3.52. The number of carbonyl (C=O) groups is 1. The molecule has 0 aliphatic heterocycles. The second-order valence-corrected chi connectivity index (χ2v) is 5.39. The summed E-state index contributed by atoms with van der Waals surface area (Å²) in [5, 5.41) is -0.131. The van der Waals surface area contributed by atoms with Crippen molar-refractivity contribution in [2.75, 3.05) is 0 Å². The van der Waals surface area contributed by atoms with Gasteiger partial charge in [0.25, 0.3) is 0 Å². The van der Waals surface area contributed by atoms with Crippen molar-refractivity contribution < 1.29 is 31.5 Å². The Hall–Kier alpha value is -3.16. The minimum Gasteiger partial charge on any atom is -0.450 e. The summed E-state index contributed by atoms with van der Waals surface area (Å²) in [6.45, 7) is 1.12. The van der Waals surface area contributed by atoms with E-state index in [2.05, 4.69) is 0 Å². The summed E-state index contributed by atoms with van der Waals surface area (Å²) in [7, 11) is 0. The Balaban J connectivity index is 2.33. The molecule has 1 aromatic heterocycles. The molecule has 0 aliphatic rings. The Labute approximate surface area is 143 Å². The number of ether oxygens (including phenoxy) is 1. The predicted octanol–water partition coefficient (Wildman–Crippen LogP) is 4.54. The van der Waals surface area contributed by atoms with Crippen LogP contribution in [0, 0.1) is 5.82 Å². The van der Waals surface area contributed by atoms with Gasteiger partial charge in [-0.05, 0) is 29.8 Å². The summed E-state index contributed by atoms with van der Waals surface area (Å²) in [4.78, 5) is 23.6. The lowest BCUT2D eigenvalue weighted by atomic mass is 10.0. The number of benzene rings is 2. The first-order valence-electron chi connectivity index (χ1n) is 7.29.